The minimum Gasteiger partial charge on any atom is -0.381 e. The second-order valence-corrected chi connectivity index (χ2v) is 5.90. The first-order valence-corrected chi connectivity index (χ1v) is 6.61. The zero-order valence-corrected chi connectivity index (χ0v) is 11.8. The van der Waals surface area contributed by atoms with Gasteiger partial charge in [0.25, 0.3) is 0 Å². The molecule has 7 heteroatoms. The largest absolute Gasteiger partial charge is 0.381 e. The van der Waals surface area contributed by atoms with E-state index in [2.05, 4.69) is 40.7 Å². The van der Waals surface area contributed by atoms with E-state index in [-0.39, 0.29) is 5.41 Å². The molecule has 2 aromatic heterocycles. The maximum Gasteiger partial charge on any atom is 0.135 e. The van der Waals surface area contributed by atoms with Gasteiger partial charge in [0.2, 0.25) is 0 Å². The summed E-state index contributed by atoms with van der Waals surface area (Å²) in [6.07, 6.45) is 0.814. The minimum atomic E-state index is -0.769. The van der Waals surface area contributed by atoms with Crippen LogP contribution in [0.15, 0.2) is 6.20 Å². The van der Waals surface area contributed by atoms with Crippen molar-refractivity contribution in [3.05, 3.63) is 22.5 Å². The van der Waals surface area contributed by atoms with Gasteiger partial charge in [-0.25, -0.2) is 4.68 Å². The van der Waals surface area contributed by atoms with E-state index in [1.54, 1.807) is 10.9 Å². The quantitative estimate of drug-likeness (QED) is 0.912. The van der Waals surface area contributed by atoms with Crippen molar-refractivity contribution in [2.75, 3.05) is 0 Å². The van der Waals surface area contributed by atoms with Crippen LogP contribution in [0.2, 0.25) is 0 Å². The molecule has 0 aliphatic heterocycles. The summed E-state index contributed by atoms with van der Waals surface area (Å²) < 4.78 is 5.63. The van der Waals surface area contributed by atoms with Crippen LogP contribution in [0.3, 0.4) is 0 Å². The normalized spacial score (nSPS) is 13.8. The van der Waals surface area contributed by atoms with Crippen molar-refractivity contribution in [1.29, 1.82) is 0 Å². The van der Waals surface area contributed by atoms with Crippen molar-refractivity contribution in [3.8, 4) is 0 Å². The molecule has 1 N–H and O–H groups in total. The molecule has 0 radical (unpaired) electrons. The Kier molecular flexibility index (Phi) is 3.45. The van der Waals surface area contributed by atoms with Gasteiger partial charge in [0.05, 0.1) is 22.5 Å². The molecule has 0 aliphatic carbocycles. The van der Waals surface area contributed by atoms with Crippen LogP contribution in [-0.4, -0.2) is 29.7 Å². The first-order valence-electron chi connectivity index (χ1n) is 5.84. The molecule has 1 unspecified atom stereocenters. The van der Waals surface area contributed by atoms with E-state index in [1.807, 2.05) is 6.92 Å². The van der Waals surface area contributed by atoms with E-state index < -0.39 is 6.10 Å². The number of aromatic nitrogens is 5. The first kappa shape index (κ1) is 13.1. The SMILES string of the molecule is CCn1nncc1C(O)c1snnc1C(C)(C)C. The summed E-state index contributed by atoms with van der Waals surface area (Å²) in [7, 11) is 0. The number of hydrogen-bond donors (Lipinski definition) is 1. The molecule has 0 aromatic carbocycles. The number of aryl methyl sites for hydroxylation is 1. The fourth-order valence-corrected chi connectivity index (χ4v) is 2.62. The summed E-state index contributed by atoms with van der Waals surface area (Å²) in [6, 6.07) is 0. The van der Waals surface area contributed by atoms with E-state index in [1.165, 1.54) is 11.5 Å². The number of rotatable bonds is 3. The number of aliphatic hydroxyl groups is 1. The summed E-state index contributed by atoms with van der Waals surface area (Å²) in [5, 5.41) is 22.3. The third-order valence-electron chi connectivity index (χ3n) is 2.70. The number of nitrogens with zero attached hydrogens (tertiary/aromatic N) is 5. The van der Waals surface area contributed by atoms with Gasteiger partial charge in [0, 0.05) is 12.0 Å². The van der Waals surface area contributed by atoms with Crippen LogP contribution in [0, 0.1) is 0 Å². The Morgan fingerprint density at radius 2 is 2.17 bits per heavy atom. The third kappa shape index (κ3) is 2.28. The fraction of sp³-hybridized carbons (Fsp3) is 0.636. The summed E-state index contributed by atoms with van der Waals surface area (Å²) in [5.41, 5.74) is 1.35. The lowest BCUT2D eigenvalue weighted by Gasteiger charge is -2.19. The summed E-state index contributed by atoms with van der Waals surface area (Å²) in [5.74, 6) is 0. The van der Waals surface area contributed by atoms with E-state index in [4.69, 9.17) is 0 Å². The van der Waals surface area contributed by atoms with Gasteiger partial charge in [0.15, 0.2) is 0 Å². The minimum absolute atomic E-state index is 0.145. The summed E-state index contributed by atoms with van der Waals surface area (Å²) in [6.45, 7) is 8.78. The van der Waals surface area contributed by atoms with Crippen LogP contribution < -0.4 is 0 Å². The molecule has 1 atom stereocenters. The van der Waals surface area contributed by atoms with Crippen LogP contribution in [0.25, 0.3) is 0 Å². The Morgan fingerprint density at radius 3 is 2.78 bits per heavy atom. The lowest BCUT2D eigenvalue weighted by atomic mass is 9.90. The van der Waals surface area contributed by atoms with Crippen molar-refractivity contribution in [1.82, 2.24) is 24.6 Å². The highest BCUT2D eigenvalue weighted by Crippen LogP contribution is 2.33. The van der Waals surface area contributed by atoms with Gasteiger partial charge >= 0.3 is 0 Å². The van der Waals surface area contributed by atoms with Crippen LogP contribution in [0.4, 0.5) is 0 Å². The van der Waals surface area contributed by atoms with Crippen molar-refractivity contribution < 1.29 is 5.11 Å². The molecular formula is C11H17N5OS. The van der Waals surface area contributed by atoms with Crippen LogP contribution in [-0.2, 0) is 12.0 Å². The molecule has 0 spiro atoms. The average Bonchev–Trinajstić information content (AvgIpc) is 2.95. The first-order chi connectivity index (χ1) is 8.45. The summed E-state index contributed by atoms with van der Waals surface area (Å²) >= 11 is 1.22. The topological polar surface area (TPSA) is 76.7 Å². The van der Waals surface area contributed by atoms with Gasteiger partial charge in [-0.15, -0.1) is 10.2 Å². The average molecular weight is 267 g/mol. The highest BCUT2D eigenvalue weighted by Gasteiger charge is 2.28. The Balaban J connectivity index is 2.41. The molecule has 98 valence electrons. The standard InChI is InChI=1S/C11H17N5OS/c1-5-16-7(6-12-14-16)8(17)9-10(11(2,3)4)13-15-18-9/h6,8,17H,5H2,1-4H3. The van der Waals surface area contributed by atoms with Gasteiger partial charge in [-0.1, -0.05) is 30.5 Å². The van der Waals surface area contributed by atoms with Gasteiger partial charge < -0.3 is 5.11 Å². The van der Waals surface area contributed by atoms with Crippen LogP contribution >= 0.6 is 11.5 Å². The summed E-state index contributed by atoms with van der Waals surface area (Å²) in [4.78, 5) is 0.763. The van der Waals surface area contributed by atoms with Crippen molar-refractivity contribution in [2.45, 2.75) is 45.8 Å². The number of hydrogen-bond acceptors (Lipinski definition) is 6. The number of aliphatic hydroxyl groups excluding tert-OH is 1. The van der Waals surface area contributed by atoms with Crippen molar-refractivity contribution in [2.24, 2.45) is 0 Å². The molecule has 2 aromatic rings. The zero-order valence-electron chi connectivity index (χ0n) is 11.0. The molecule has 18 heavy (non-hydrogen) atoms. The molecule has 2 rings (SSSR count). The van der Waals surface area contributed by atoms with Gasteiger partial charge in [-0.05, 0) is 18.5 Å². The fourth-order valence-electron chi connectivity index (χ4n) is 1.75. The Labute approximate surface area is 110 Å². The lowest BCUT2D eigenvalue weighted by Crippen LogP contribution is -2.17. The molecule has 0 bridgehead atoms. The smallest absolute Gasteiger partial charge is 0.135 e. The predicted octanol–water partition coefficient (Wildman–Crippen LogP) is 1.53. The van der Waals surface area contributed by atoms with Crippen LogP contribution in [0.5, 0.6) is 0 Å². The monoisotopic (exact) mass is 267 g/mol. The highest BCUT2D eigenvalue weighted by atomic mass is 32.1. The van der Waals surface area contributed by atoms with E-state index in [0.29, 0.717) is 12.2 Å². The van der Waals surface area contributed by atoms with E-state index in [0.717, 1.165) is 10.6 Å². The van der Waals surface area contributed by atoms with Crippen molar-refractivity contribution in [3.63, 3.8) is 0 Å². The molecule has 0 saturated carbocycles. The van der Waals surface area contributed by atoms with E-state index in [9.17, 15) is 5.11 Å². The molecule has 6 nitrogen and oxygen atoms in total. The molecular weight excluding hydrogens is 250 g/mol. The molecule has 0 saturated heterocycles. The van der Waals surface area contributed by atoms with Crippen molar-refractivity contribution >= 4 is 11.5 Å². The lowest BCUT2D eigenvalue weighted by molar-refractivity contribution is 0.209. The zero-order chi connectivity index (χ0) is 13.3. The van der Waals surface area contributed by atoms with E-state index >= 15 is 0 Å². The maximum atomic E-state index is 10.5. The molecule has 0 fully saturated rings. The molecule has 0 amide bonds. The maximum absolute atomic E-state index is 10.5. The van der Waals surface area contributed by atoms with Gasteiger partial charge in [0.1, 0.15) is 6.10 Å². The Bertz CT molecular complexity index is 528. The van der Waals surface area contributed by atoms with Crippen LogP contribution in [0.1, 0.15) is 50.1 Å². The second-order valence-electron chi connectivity index (χ2n) is 5.11. The molecule has 2 heterocycles. The highest BCUT2D eigenvalue weighted by molar-refractivity contribution is 7.05. The third-order valence-corrected chi connectivity index (χ3v) is 3.48. The Morgan fingerprint density at radius 1 is 1.44 bits per heavy atom. The molecule has 0 aliphatic rings. The van der Waals surface area contributed by atoms with Gasteiger partial charge in [-0.3, -0.25) is 0 Å². The van der Waals surface area contributed by atoms with Gasteiger partial charge in [-0.2, -0.15) is 0 Å². The second kappa shape index (κ2) is 4.74. The predicted molar refractivity (Wildman–Crippen MR) is 68.4 cm³/mol. The Hall–Kier alpha value is -1.34.